The molecular weight excluding hydrogens is 308 g/mol. The fourth-order valence-corrected chi connectivity index (χ4v) is 4.54. The van der Waals surface area contributed by atoms with Crippen molar-refractivity contribution in [2.24, 2.45) is 5.92 Å². The van der Waals surface area contributed by atoms with Crippen LogP contribution >= 0.6 is 0 Å². The van der Waals surface area contributed by atoms with Crippen molar-refractivity contribution in [1.29, 1.82) is 0 Å². The largest absolute Gasteiger partial charge is 0.465 e. The van der Waals surface area contributed by atoms with E-state index < -0.39 is 33.6 Å². The van der Waals surface area contributed by atoms with Crippen molar-refractivity contribution in [3.63, 3.8) is 0 Å². The molecule has 2 rings (SSSR count). The molecule has 1 unspecified atom stereocenters. The SMILES string of the molecule is CCOC(=O)C(C(=O)OCC)C1CS(=O)(=O)c2ccccc21. The van der Waals surface area contributed by atoms with Crippen molar-refractivity contribution in [3.05, 3.63) is 29.8 Å². The normalized spacial score (nSPS) is 18.8. The number of benzene rings is 1. The minimum absolute atomic E-state index is 0.107. The van der Waals surface area contributed by atoms with E-state index in [2.05, 4.69) is 0 Å². The molecule has 0 spiro atoms. The molecule has 1 atom stereocenters. The molecule has 0 N–H and O–H groups in total. The zero-order chi connectivity index (χ0) is 16.3. The average Bonchev–Trinajstić information content (AvgIpc) is 2.72. The van der Waals surface area contributed by atoms with Gasteiger partial charge in [-0.25, -0.2) is 8.42 Å². The van der Waals surface area contributed by atoms with Crippen LogP contribution < -0.4 is 0 Å². The Morgan fingerprint density at radius 1 is 1.14 bits per heavy atom. The second-order valence-corrected chi connectivity index (χ2v) is 6.91. The molecule has 0 aromatic heterocycles. The van der Waals surface area contributed by atoms with Crippen molar-refractivity contribution in [1.82, 2.24) is 0 Å². The van der Waals surface area contributed by atoms with Gasteiger partial charge in [0.05, 0.1) is 23.9 Å². The molecule has 1 aliphatic heterocycles. The minimum Gasteiger partial charge on any atom is -0.465 e. The van der Waals surface area contributed by atoms with E-state index in [1.54, 1.807) is 32.0 Å². The summed E-state index contributed by atoms with van der Waals surface area (Å²) in [6.07, 6.45) is 0. The van der Waals surface area contributed by atoms with Gasteiger partial charge in [0, 0.05) is 5.92 Å². The summed E-state index contributed by atoms with van der Waals surface area (Å²) in [4.78, 5) is 24.5. The van der Waals surface area contributed by atoms with Gasteiger partial charge in [-0.3, -0.25) is 9.59 Å². The zero-order valence-electron chi connectivity index (χ0n) is 12.4. The van der Waals surface area contributed by atoms with Crippen LogP contribution in [0.3, 0.4) is 0 Å². The van der Waals surface area contributed by atoms with Gasteiger partial charge in [0.2, 0.25) is 0 Å². The maximum absolute atomic E-state index is 12.2. The van der Waals surface area contributed by atoms with Crippen LogP contribution in [0.1, 0.15) is 25.3 Å². The first-order valence-corrected chi connectivity index (χ1v) is 8.72. The van der Waals surface area contributed by atoms with Crippen LogP contribution in [0.4, 0.5) is 0 Å². The van der Waals surface area contributed by atoms with Gasteiger partial charge in [0.1, 0.15) is 0 Å². The maximum atomic E-state index is 12.2. The number of rotatable bonds is 5. The first-order valence-electron chi connectivity index (χ1n) is 7.07. The molecule has 7 heteroatoms. The number of sulfone groups is 1. The Balaban J connectivity index is 2.45. The Morgan fingerprint density at radius 2 is 1.68 bits per heavy atom. The molecule has 1 heterocycles. The van der Waals surface area contributed by atoms with E-state index in [9.17, 15) is 18.0 Å². The number of hydrogen-bond acceptors (Lipinski definition) is 6. The van der Waals surface area contributed by atoms with Crippen LogP contribution in [0.15, 0.2) is 29.2 Å². The lowest BCUT2D eigenvalue weighted by Gasteiger charge is -2.20. The highest BCUT2D eigenvalue weighted by Crippen LogP contribution is 2.40. The molecule has 0 saturated heterocycles. The van der Waals surface area contributed by atoms with Crippen LogP contribution in [0.25, 0.3) is 0 Å². The lowest BCUT2D eigenvalue weighted by molar-refractivity contribution is -0.162. The van der Waals surface area contributed by atoms with Gasteiger partial charge < -0.3 is 9.47 Å². The lowest BCUT2D eigenvalue weighted by Crippen LogP contribution is -2.34. The summed E-state index contributed by atoms with van der Waals surface area (Å²) in [6.45, 7) is 3.46. The third kappa shape index (κ3) is 2.99. The molecule has 1 aliphatic rings. The monoisotopic (exact) mass is 326 g/mol. The highest BCUT2D eigenvalue weighted by atomic mass is 32.2. The smallest absolute Gasteiger partial charge is 0.320 e. The summed E-state index contributed by atoms with van der Waals surface area (Å²) >= 11 is 0. The number of ether oxygens (including phenoxy) is 2. The van der Waals surface area contributed by atoms with Gasteiger partial charge in [0.25, 0.3) is 0 Å². The molecule has 0 amide bonds. The van der Waals surface area contributed by atoms with Crippen molar-refractivity contribution >= 4 is 21.8 Å². The first-order chi connectivity index (χ1) is 10.4. The molecule has 120 valence electrons. The molecule has 0 fully saturated rings. The van der Waals surface area contributed by atoms with E-state index in [1.807, 2.05) is 0 Å². The fourth-order valence-electron chi connectivity index (χ4n) is 2.65. The molecule has 1 aromatic rings. The van der Waals surface area contributed by atoms with Gasteiger partial charge in [-0.05, 0) is 25.5 Å². The topological polar surface area (TPSA) is 86.7 Å². The van der Waals surface area contributed by atoms with Gasteiger partial charge in [-0.1, -0.05) is 18.2 Å². The summed E-state index contributed by atoms with van der Waals surface area (Å²) in [5, 5.41) is 0. The minimum atomic E-state index is -3.51. The molecule has 0 radical (unpaired) electrons. The third-order valence-corrected chi connectivity index (χ3v) is 5.38. The van der Waals surface area contributed by atoms with Crippen molar-refractivity contribution in [2.75, 3.05) is 19.0 Å². The Hall–Kier alpha value is -1.89. The summed E-state index contributed by atoms with van der Waals surface area (Å²) in [5.74, 6) is -3.84. The number of carbonyl (C=O) groups is 2. The molecule has 0 aliphatic carbocycles. The van der Waals surface area contributed by atoms with Crippen LogP contribution in [0.5, 0.6) is 0 Å². The van der Waals surface area contributed by atoms with E-state index in [4.69, 9.17) is 9.47 Å². The lowest BCUT2D eigenvalue weighted by atomic mass is 9.87. The van der Waals surface area contributed by atoms with Gasteiger partial charge in [0.15, 0.2) is 15.8 Å². The number of esters is 2. The molecule has 6 nitrogen and oxygen atoms in total. The highest BCUT2D eigenvalue weighted by Gasteiger charge is 2.46. The Labute approximate surface area is 129 Å². The van der Waals surface area contributed by atoms with E-state index in [0.717, 1.165) is 0 Å². The predicted molar refractivity (Wildman–Crippen MR) is 78.0 cm³/mol. The van der Waals surface area contributed by atoms with E-state index in [0.29, 0.717) is 5.56 Å². The second kappa shape index (κ2) is 6.48. The van der Waals surface area contributed by atoms with Crippen LogP contribution in [0, 0.1) is 5.92 Å². The summed E-state index contributed by atoms with van der Waals surface area (Å²) < 4.78 is 34.3. The Morgan fingerprint density at radius 3 is 2.23 bits per heavy atom. The predicted octanol–water partition coefficient (Wildman–Crippen LogP) is 1.30. The molecule has 1 aromatic carbocycles. The van der Waals surface area contributed by atoms with Crippen LogP contribution in [-0.2, 0) is 28.9 Å². The first kappa shape index (κ1) is 16.5. The number of carbonyl (C=O) groups excluding carboxylic acids is 2. The zero-order valence-corrected chi connectivity index (χ0v) is 13.3. The molecule has 0 saturated carbocycles. The maximum Gasteiger partial charge on any atom is 0.320 e. The average molecular weight is 326 g/mol. The second-order valence-electron chi connectivity index (χ2n) is 4.91. The van der Waals surface area contributed by atoms with Crippen molar-refractivity contribution < 1.29 is 27.5 Å². The van der Waals surface area contributed by atoms with Crippen LogP contribution in [-0.4, -0.2) is 39.3 Å². The standard InChI is InChI=1S/C15H18O6S/c1-3-20-14(16)13(15(17)21-4-2)11-9-22(18,19)12-8-6-5-7-10(11)12/h5-8,11,13H,3-4,9H2,1-2H3. The van der Waals surface area contributed by atoms with Gasteiger partial charge >= 0.3 is 11.9 Å². The van der Waals surface area contributed by atoms with E-state index >= 15 is 0 Å². The fraction of sp³-hybridized carbons (Fsp3) is 0.467. The number of hydrogen-bond donors (Lipinski definition) is 0. The quantitative estimate of drug-likeness (QED) is 0.599. The summed E-state index contributed by atoms with van der Waals surface area (Å²) in [7, 11) is -3.51. The van der Waals surface area contributed by atoms with Gasteiger partial charge in [-0.2, -0.15) is 0 Å². The van der Waals surface area contributed by atoms with Crippen molar-refractivity contribution in [3.8, 4) is 0 Å². The Kier molecular flexibility index (Phi) is 4.85. The van der Waals surface area contributed by atoms with Crippen LogP contribution in [0.2, 0.25) is 0 Å². The highest BCUT2D eigenvalue weighted by molar-refractivity contribution is 7.91. The van der Waals surface area contributed by atoms with Gasteiger partial charge in [-0.15, -0.1) is 0 Å². The molecule has 22 heavy (non-hydrogen) atoms. The Bertz CT molecular complexity index is 661. The van der Waals surface area contributed by atoms with Crippen molar-refractivity contribution in [2.45, 2.75) is 24.7 Å². The van der Waals surface area contributed by atoms with E-state index in [-0.39, 0.29) is 23.9 Å². The molecule has 0 bridgehead atoms. The third-order valence-electron chi connectivity index (χ3n) is 3.54. The number of fused-ring (bicyclic) bond motifs is 1. The molecular formula is C15H18O6S. The summed E-state index contributed by atoms with van der Waals surface area (Å²) in [6, 6.07) is 6.40. The summed E-state index contributed by atoms with van der Waals surface area (Å²) in [5.41, 5.74) is 0.466. The van der Waals surface area contributed by atoms with E-state index in [1.165, 1.54) is 6.07 Å².